The Morgan fingerprint density at radius 1 is 1.25 bits per heavy atom. The van der Waals surface area contributed by atoms with Gasteiger partial charge in [-0.3, -0.25) is 4.68 Å². The van der Waals surface area contributed by atoms with E-state index in [0.717, 1.165) is 4.68 Å². The van der Waals surface area contributed by atoms with Crippen molar-refractivity contribution in [1.29, 1.82) is 0 Å². The Kier molecular flexibility index (Phi) is 3.08. The number of nitrogens with two attached hydrogens (primary N) is 1. The lowest BCUT2D eigenvalue weighted by Gasteiger charge is -2.24. The van der Waals surface area contributed by atoms with E-state index in [1.54, 1.807) is 0 Å². The van der Waals surface area contributed by atoms with Gasteiger partial charge in [0.15, 0.2) is 5.69 Å². The van der Waals surface area contributed by atoms with Crippen LogP contribution in [-0.2, 0) is 10.9 Å². The number of hydrogen-bond donors (Lipinski definition) is 1. The Balaban J connectivity index is 2.18. The number of ether oxygens (including phenoxy) is 1. The third-order valence-electron chi connectivity index (χ3n) is 3.53. The molecule has 2 aromatic rings. The van der Waals surface area contributed by atoms with E-state index in [2.05, 4.69) is 5.10 Å². The first-order valence-electron chi connectivity index (χ1n) is 6.39. The second-order valence-corrected chi connectivity index (χ2v) is 4.91. The normalized spacial score (nSPS) is 17.8. The van der Waals surface area contributed by atoms with E-state index in [4.69, 9.17) is 10.5 Å². The van der Waals surface area contributed by atoms with Crippen molar-refractivity contribution in [2.45, 2.75) is 25.1 Å². The third kappa shape index (κ3) is 2.22. The highest BCUT2D eigenvalue weighted by atomic mass is 19.4. The Morgan fingerprint density at radius 2 is 1.95 bits per heavy atom. The molecule has 0 saturated carbocycles. The number of fused-ring (bicyclic) bond motifs is 1. The second kappa shape index (κ2) is 4.66. The first kappa shape index (κ1) is 13.2. The van der Waals surface area contributed by atoms with E-state index in [1.165, 1.54) is 18.2 Å². The summed E-state index contributed by atoms with van der Waals surface area (Å²) in [7, 11) is 0. The topological polar surface area (TPSA) is 53.1 Å². The molecular formula is C13H14F3N3O. The Bertz CT molecular complexity index is 630. The van der Waals surface area contributed by atoms with Crippen molar-refractivity contribution in [2.24, 2.45) is 0 Å². The Labute approximate surface area is 113 Å². The SMILES string of the molecule is Nc1ccc2c(C(F)(F)F)n(C3CCOCC3)nc2c1. The van der Waals surface area contributed by atoms with Gasteiger partial charge in [0.05, 0.1) is 11.6 Å². The van der Waals surface area contributed by atoms with E-state index >= 15 is 0 Å². The highest BCUT2D eigenvalue weighted by Gasteiger charge is 2.39. The van der Waals surface area contributed by atoms with Gasteiger partial charge < -0.3 is 10.5 Å². The fourth-order valence-electron chi connectivity index (χ4n) is 2.60. The van der Waals surface area contributed by atoms with Crippen molar-refractivity contribution in [2.75, 3.05) is 18.9 Å². The molecule has 0 amide bonds. The lowest BCUT2D eigenvalue weighted by molar-refractivity contribution is -0.144. The molecule has 0 bridgehead atoms. The number of aromatic nitrogens is 2. The summed E-state index contributed by atoms with van der Waals surface area (Å²) < 4.78 is 46.3. The summed E-state index contributed by atoms with van der Waals surface area (Å²) in [5, 5.41) is 4.22. The number of halogens is 3. The van der Waals surface area contributed by atoms with E-state index in [1.807, 2.05) is 0 Å². The molecule has 0 radical (unpaired) electrons. The first-order chi connectivity index (χ1) is 9.47. The third-order valence-corrected chi connectivity index (χ3v) is 3.53. The molecule has 20 heavy (non-hydrogen) atoms. The van der Waals surface area contributed by atoms with Crippen LogP contribution in [0, 0.1) is 0 Å². The number of rotatable bonds is 1. The molecule has 1 aromatic carbocycles. The Hall–Kier alpha value is -1.76. The Morgan fingerprint density at radius 3 is 2.60 bits per heavy atom. The smallest absolute Gasteiger partial charge is 0.399 e. The molecule has 0 aliphatic carbocycles. The second-order valence-electron chi connectivity index (χ2n) is 4.91. The standard InChI is InChI=1S/C13H14F3N3O/c14-13(15,16)12-10-2-1-8(17)7-11(10)18-19(12)9-3-5-20-6-4-9/h1-2,7,9H,3-6,17H2. The van der Waals surface area contributed by atoms with Gasteiger partial charge in [0.25, 0.3) is 0 Å². The van der Waals surface area contributed by atoms with Crippen molar-refractivity contribution in [3.63, 3.8) is 0 Å². The summed E-state index contributed by atoms with van der Waals surface area (Å²) in [6, 6.07) is 4.04. The molecular weight excluding hydrogens is 271 g/mol. The molecule has 7 heteroatoms. The summed E-state index contributed by atoms with van der Waals surface area (Å²) in [5.41, 5.74) is 5.61. The average molecular weight is 285 g/mol. The zero-order chi connectivity index (χ0) is 14.3. The monoisotopic (exact) mass is 285 g/mol. The number of nitrogen functional groups attached to an aromatic ring is 1. The number of benzene rings is 1. The minimum Gasteiger partial charge on any atom is -0.399 e. The molecule has 2 heterocycles. The molecule has 108 valence electrons. The molecule has 3 rings (SSSR count). The molecule has 1 fully saturated rings. The molecule has 1 saturated heterocycles. The van der Waals surface area contributed by atoms with Gasteiger partial charge in [0.1, 0.15) is 0 Å². The largest absolute Gasteiger partial charge is 0.433 e. The van der Waals surface area contributed by atoms with Crippen LogP contribution >= 0.6 is 0 Å². The van der Waals surface area contributed by atoms with Gasteiger partial charge in [0, 0.05) is 24.3 Å². The van der Waals surface area contributed by atoms with Crippen LogP contribution in [0.5, 0.6) is 0 Å². The minimum atomic E-state index is -4.44. The van der Waals surface area contributed by atoms with Crippen LogP contribution in [0.25, 0.3) is 10.9 Å². The lowest BCUT2D eigenvalue weighted by Crippen LogP contribution is -2.25. The highest BCUT2D eigenvalue weighted by Crippen LogP contribution is 2.38. The summed E-state index contributed by atoms with van der Waals surface area (Å²) in [6.45, 7) is 0.917. The maximum Gasteiger partial charge on any atom is 0.433 e. The minimum absolute atomic E-state index is 0.0955. The molecule has 4 nitrogen and oxygen atoms in total. The molecule has 0 unspecified atom stereocenters. The zero-order valence-corrected chi connectivity index (χ0v) is 10.7. The van der Waals surface area contributed by atoms with Crippen LogP contribution in [0.2, 0.25) is 0 Å². The molecule has 2 N–H and O–H groups in total. The predicted molar refractivity (Wildman–Crippen MR) is 68.2 cm³/mol. The van der Waals surface area contributed by atoms with Crippen molar-refractivity contribution >= 4 is 16.6 Å². The van der Waals surface area contributed by atoms with Crippen molar-refractivity contribution in [3.05, 3.63) is 23.9 Å². The van der Waals surface area contributed by atoms with Gasteiger partial charge in [-0.25, -0.2) is 0 Å². The fourth-order valence-corrected chi connectivity index (χ4v) is 2.60. The van der Waals surface area contributed by atoms with E-state index in [-0.39, 0.29) is 16.9 Å². The van der Waals surface area contributed by atoms with Gasteiger partial charge >= 0.3 is 6.18 Å². The number of nitrogens with zero attached hydrogens (tertiary/aromatic N) is 2. The van der Waals surface area contributed by atoms with Crippen molar-refractivity contribution in [3.8, 4) is 0 Å². The number of hydrogen-bond acceptors (Lipinski definition) is 3. The number of anilines is 1. The van der Waals surface area contributed by atoms with Gasteiger partial charge in [-0.1, -0.05) is 0 Å². The van der Waals surface area contributed by atoms with Crippen molar-refractivity contribution < 1.29 is 17.9 Å². The van der Waals surface area contributed by atoms with E-state index in [9.17, 15) is 13.2 Å². The van der Waals surface area contributed by atoms with Crippen LogP contribution < -0.4 is 5.73 Å². The quantitative estimate of drug-likeness (QED) is 0.819. The summed E-state index contributed by atoms with van der Waals surface area (Å²) in [4.78, 5) is 0. The van der Waals surface area contributed by atoms with Crippen LogP contribution in [0.1, 0.15) is 24.6 Å². The lowest BCUT2D eigenvalue weighted by atomic mass is 10.1. The molecule has 1 aliphatic heterocycles. The maximum absolute atomic E-state index is 13.3. The summed E-state index contributed by atoms with van der Waals surface area (Å²) >= 11 is 0. The molecule has 1 aliphatic rings. The van der Waals surface area contributed by atoms with Crippen LogP contribution in [-0.4, -0.2) is 23.0 Å². The highest BCUT2D eigenvalue weighted by molar-refractivity contribution is 5.85. The molecule has 0 atom stereocenters. The van der Waals surface area contributed by atoms with E-state index < -0.39 is 11.9 Å². The average Bonchev–Trinajstić information content (AvgIpc) is 2.78. The van der Waals surface area contributed by atoms with Crippen LogP contribution in [0.4, 0.5) is 18.9 Å². The van der Waals surface area contributed by atoms with Crippen LogP contribution in [0.15, 0.2) is 18.2 Å². The fraction of sp³-hybridized carbons (Fsp3) is 0.462. The van der Waals surface area contributed by atoms with Gasteiger partial charge in [0.2, 0.25) is 0 Å². The van der Waals surface area contributed by atoms with Crippen molar-refractivity contribution in [1.82, 2.24) is 9.78 Å². The maximum atomic E-state index is 13.3. The van der Waals surface area contributed by atoms with Gasteiger partial charge in [-0.2, -0.15) is 18.3 Å². The van der Waals surface area contributed by atoms with Crippen LogP contribution in [0.3, 0.4) is 0 Å². The number of alkyl halides is 3. The van der Waals surface area contributed by atoms with Gasteiger partial charge in [-0.05, 0) is 31.0 Å². The summed E-state index contributed by atoms with van der Waals surface area (Å²) in [6.07, 6.45) is -3.37. The zero-order valence-electron chi connectivity index (χ0n) is 10.7. The predicted octanol–water partition coefficient (Wildman–Crippen LogP) is 2.99. The molecule has 0 spiro atoms. The van der Waals surface area contributed by atoms with Gasteiger partial charge in [-0.15, -0.1) is 0 Å². The first-order valence-corrected chi connectivity index (χ1v) is 6.39. The van der Waals surface area contributed by atoms with E-state index in [0.29, 0.717) is 31.7 Å². The summed E-state index contributed by atoms with van der Waals surface area (Å²) in [5.74, 6) is 0. The molecule has 1 aromatic heterocycles.